The van der Waals surface area contributed by atoms with Gasteiger partial charge >= 0.3 is 0 Å². The molecule has 0 bridgehead atoms. The molecule has 23 heavy (non-hydrogen) atoms. The molecule has 0 aliphatic heterocycles. The normalized spacial score (nSPS) is 10.5. The maximum absolute atomic E-state index is 12.7. The number of hydrogen-bond acceptors (Lipinski definition) is 2. The first-order valence-electron chi connectivity index (χ1n) is 7.92. The molecule has 2 amide bonds. The lowest BCUT2D eigenvalue weighted by atomic mass is 10.1. The topological polar surface area (TPSA) is 49.4 Å². The summed E-state index contributed by atoms with van der Waals surface area (Å²) >= 11 is 0. The van der Waals surface area contributed by atoms with Crippen LogP contribution in [0.3, 0.4) is 0 Å². The molecular weight excluding hydrogens is 288 g/mol. The number of amides is 2. The molecule has 4 heteroatoms. The summed E-state index contributed by atoms with van der Waals surface area (Å²) in [5.74, 6) is 5.26. The Morgan fingerprint density at radius 1 is 1.22 bits per heavy atom. The molecule has 0 radical (unpaired) electrons. The standard InChI is InChI=1S/C19H26N2O2/c1-6-7-8-9-13-17(22)20-21(19(3,4)5)18(23)16-12-10-11-15(2)14-16/h10-12,14H,6-7,13H2,1-5H3,(H,20,22). The minimum Gasteiger partial charge on any atom is -0.272 e. The zero-order valence-corrected chi connectivity index (χ0v) is 14.7. The maximum Gasteiger partial charge on any atom is 0.272 e. The Kier molecular flexibility index (Phi) is 6.84. The predicted octanol–water partition coefficient (Wildman–Crippen LogP) is 3.46. The highest BCUT2D eigenvalue weighted by atomic mass is 16.2. The van der Waals surface area contributed by atoms with Crippen LogP contribution in [-0.2, 0) is 4.79 Å². The number of carbonyl (C=O) groups excluding carboxylic acids is 2. The first kappa shape index (κ1) is 18.8. The SMILES string of the molecule is CCCC#CCC(=O)NN(C(=O)c1cccc(C)c1)C(C)(C)C. The van der Waals surface area contributed by atoms with E-state index >= 15 is 0 Å². The van der Waals surface area contributed by atoms with Gasteiger partial charge in [0.25, 0.3) is 11.8 Å². The molecule has 0 aliphatic carbocycles. The van der Waals surface area contributed by atoms with Crippen molar-refractivity contribution in [3.8, 4) is 11.8 Å². The van der Waals surface area contributed by atoms with Gasteiger partial charge in [-0.05, 0) is 46.2 Å². The largest absolute Gasteiger partial charge is 0.272 e. The van der Waals surface area contributed by atoms with Gasteiger partial charge in [-0.25, -0.2) is 5.01 Å². The van der Waals surface area contributed by atoms with Crippen LogP contribution in [0.5, 0.6) is 0 Å². The zero-order chi connectivity index (χ0) is 17.5. The number of aryl methyl sites for hydroxylation is 1. The van der Waals surface area contributed by atoms with Gasteiger partial charge in [-0.1, -0.05) is 30.5 Å². The summed E-state index contributed by atoms with van der Waals surface area (Å²) in [6.07, 6.45) is 1.83. The fraction of sp³-hybridized carbons (Fsp3) is 0.474. The van der Waals surface area contributed by atoms with Crippen molar-refractivity contribution < 1.29 is 9.59 Å². The van der Waals surface area contributed by atoms with Crippen molar-refractivity contribution in [3.05, 3.63) is 35.4 Å². The van der Waals surface area contributed by atoms with E-state index in [1.165, 1.54) is 5.01 Å². The second-order valence-corrected chi connectivity index (χ2v) is 6.50. The van der Waals surface area contributed by atoms with Crippen LogP contribution >= 0.6 is 0 Å². The molecule has 1 aromatic carbocycles. The van der Waals surface area contributed by atoms with E-state index in [4.69, 9.17) is 0 Å². The molecule has 1 aromatic rings. The lowest BCUT2D eigenvalue weighted by molar-refractivity contribution is -0.125. The number of hydrogen-bond donors (Lipinski definition) is 1. The number of nitrogens with zero attached hydrogens (tertiary/aromatic N) is 1. The highest BCUT2D eigenvalue weighted by molar-refractivity contribution is 5.96. The molecule has 0 aromatic heterocycles. The quantitative estimate of drug-likeness (QED) is 0.686. The molecular formula is C19H26N2O2. The monoisotopic (exact) mass is 314 g/mol. The zero-order valence-electron chi connectivity index (χ0n) is 14.7. The molecule has 0 atom stereocenters. The molecule has 124 valence electrons. The third-order valence-electron chi connectivity index (χ3n) is 3.12. The van der Waals surface area contributed by atoms with Crippen molar-refractivity contribution in [3.63, 3.8) is 0 Å². The number of rotatable bonds is 3. The molecule has 0 aliphatic rings. The second kappa shape index (κ2) is 8.38. The van der Waals surface area contributed by atoms with Gasteiger partial charge in [0.1, 0.15) is 0 Å². The summed E-state index contributed by atoms with van der Waals surface area (Å²) in [7, 11) is 0. The van der Waals surface area contributed by atoms with E-state index in [2.05, 4.69) is 17.3 Å². The Balaban J connectivity index is 2.88. The van der Waals surface area contributed by atoms with E-state index in [0.29, 0.717) is 5.56 Å². The van der Waals surface area contributed by atoms with E-state index in [1.807, 2.05) is 52.8 Å². The Morgan fingerprint density at radius 3 is 2.48 bits per heavy atom. The first-order valence-corrected chi connectivity index (χ1v) is 7.92. The molecule has 0 fully saturated rings. The van der Waals surface area contributed by atoms with E-state index in [0.717, 1.165) is 18.4 Å². The van der Waals surface area contributed by atoms with Crippen LogP contribution in [0.25, 0.3) is 0 Å². The average molecular weight is 314 g/mol. The number of carbonyl (C=O) groups is 2. The predicted molar refractivity (Wildman–Crippen MR) is 92.5 cm³/mol. The van der Waals surface area contributed by atoms with E-state index in [1.54, 1.807) is 6.07 Å². The van der Waals surface area contributed by atoms with Gasteiger partial charge in [-0.2, -0.15) is 0 Å². The van der Waals surface area contributed by atoms with E-state index in [9.17, 15) is 9.59 Å². The number of nitrogens with one attached hydrogen (secondary N) is 1. The van der Waals surface area contributed by atoms with Crippen LogP contribution in [0.15, 0.2) is 24.3 Å². The fourth-order valence-electron chi connectivity index (χ4n) is 1.95. The second-order valence-electron chi connectivity index (χ2n) is 6.50. The average Bonchev–Trinajstić information content (AvgIpc) is 2.47. The van der Waals surface area contributed by atoms with Gasteiger partial charge in [-0.3, -0.25) is 15.0 Å². The number of hydrazine groups is 1. The maximum atomic E-state index is 12.7. The van der Waals surface area contributed by atoms with Gasteiger partial charge in [0.2, 0.25) is 0 Å². The Bertz CT molecular complexity index is 618. The molecule has 0 heterocycles. The highest BCUT2D eigenvalue weighted by Crippen LogP contribution is 2.16. The molecule has 4 nitrogen and oxygen atoms in total. The lowest BCUT2D eigenvalue weighted by Crippen LogP contribution is -2.55. The Morgan fingerprint density at radius 2 is 1.91 bits per heavy atom. The number of unbranched alkanes of at least 4 members (excludes halogenated alkanes) is 1. The first-order chi connectivity index (χ1) is 10.8. The van der Waals surface area contributed by atoms with Crippen LogP contribution in [0, 0.1) is 18.8 Å². The van der Waals surface area contributed by atoms with E-state index < -0.39 is 5.54 Å². The van der Waals surface area contributed by atoms with Crippen LogP contribution in [0.2, 0.25) is 0 Å². The Hall–Kier alpha value is -2.28. The Labute approximate surface area is 139 Å². The lowest BCUT2D eigenvalue weighted by Gasteiger charge is -2.35. The molecule has 0 saturated heterocycles. The molecule has 1 N–H and O–H groups in total. The summed E-state index contributed by atoms with van der Waals surface area (Å²) in [4.78, 5) is 24.8. The summed E-state index contributed by atoms with van der Waals surface area (Å²) in [5, 5.41) is 1.38. The summed E-state index contributed by atoms with van der Waals surface area (Å²) in [6, 6.07) is 7.33. The van der Waals surface area contributed by atoms with Crippen LogP contribution in [0.4, 0.5) is 0 Å². The summed E-state index contributed by atoms with van der Waals surface area (Å²) < 4.78 is 0. The van der Waals surface area contributed by atoms with E-state index in [-0.39, 0.29) is 18.2 Å². The minimum absolute atomic E-state index is 0.0909. The summed E-state index contributed by atoms with van der Waals surface area (Å²) in [5.41, 5.74) is 3.71. The van der Waals surface area contributed by atoms with Crippen LogP contribution < -0.4 is 5.43 Å². The van der Waals surface area contributed by atoms with Gasteiger partial charge in [-0.15, -0.1) is 5.92 Å². The van der Waals surface area contributed by atoms with Crippen LogP contribution in [-0.4, -0.2) is 22.4 Å². The smallest absolute Gasteiger partial charge is 0.272 e. The third-order valence-corrected chi connectivity index (χ3v) is 3.12. The molecule has 1 rings (SSSR count). The van der Waals surface area contributed by atoms with Crippen molar-refractivity contribution in [2.75, 3.05) is 0 Å². The third kappa shape index (κ3) is 6.15. The van der Waals surface area contributed by atoms with Crippen LogP contribution in [0.1, 0.15) is 62.9 Å². The van der Waals surface area contributed by atoms with Gasteiger partial charge in [0, 0.05) is 12.0 Å². The highest BCUT2D eigenvalue weighted by Gasteiger charge is 2.29. The minimum atomic E-state index is -0.534. The van der Waals surface area contributed by atoms with Crippen molar-refractivity contribution in [2.24, 2.45) is 0 Å². The molecule has 0 saturated carbocycles. The fourth-order valence-corrected chi connectivity index (χ4v) is 1.95. The van der Waals surface area contributed by atoms with Crippen molar-refractivity contribution >= 4 is 11.8 Å². The molecule has 0 unspecified atom stereocenters. The van der Waals surface area contributed by atoms with Crippen molar-refractivity contribution in [1.82, 2.24) is 10.4 Å². The summed E-state index contributed by atoms with van der Waals surface area (Å²) in [6.45, 7) is 9.61. The van der Waals surface area contributed by atoms with Crippen molar-refractivity contribution in [2.45, 2.75) is 59.4 Å². The van der Waals surface area contributed by atoms with Gasteiger partial charge in [0.05, 0.1) is 12.0 Å². The van der Waals surface area contributed by atoms with Gasteiger partial charge in [0.15, 0.2) is 0 Å². The van der Waals surface area contributed by atoms with Crippen molar-refractivity contribution in [1.29, 1.82) is 0 Å². The molecule has 0 spiro atoms. The number of benzene rings is 1. The van der Waals surface area contributed by atoms with Gasteiger partial charge < -0.3 is 0 Å².